The number of amides is 3. The summed E-state index contributed by atoms with van der Waals surface area (Å²) in [5, 5.41) is 0. The van der Waals surface area contributed by atoms with E-state index < -0.39 is 36.0 Å². The van der Waals surface area contributed by atoms with E-state index in [-0.39, 0.29) is 29.5 Å². The smallest absolute Gasteiger partial charge is 0.330 e. The average Bonchev–Trinajstić information content (AvgIpc) is 3.23. The molecule has 2 atom stereocenters. The van der Waals surface area contributed by atoms with Crippen LogP contribution in [0.1, 0.15) is 57.4 Å². The van der Waals surface area contributed by atoms with E-state index in [1.54, 1.807) is 12.1 Å². The Morgan fingerprint density at radius 3 is 2.31 bits per heavy atom. The minimum absolute atomic E-state index is 0.121. The Labute approximate surface area is 185 Å². The molecule has 1 aromatic carbocycles. The third-order valence-corrected chi connectivity index (χ3v) is 5.59. The number of rotatable bonds is 8. The molecule has 1 aliphatic heterocycles. The Morgan fingerprint density at radius 2 is 1.78 bits per heavy atom. The summed E-state index contributed by atoms with van der Waals surface area (Å²) in [5.41, 5.74) is 12.1. The standard InChI is InChI=1S/C22H31F3N4O3/c1-14(2)15-8-10-16(11-9-15)29(21(32)22(23,24)25)20(31)18-7-5-13-28(18)19(30)17(27)6-3-4-12-26/h8-11,14,17-18H,3-7,12-13,26-27H2,1-2H3/t17-,18-/m0/s1. The zero-order valence-corrected chi connectivity index (χ0v) is 18.4. The molecule has 1 heterocycles. The van der Waals surface area contributed by atoms with E-state index in [2.05, 4.69) is 0 Å². The molecule has 178 valence electrons. The molecule has 1 fully saturated rings. The summed E-state index contributed by atoms with van der Waals surface area (Å²) >= 11 is 0. The minimum Gasteiger partial charge on any atom is -0.330 e. The van der Waals surface area contributed by atoms with E-state index in [1.165, 1.54) is 17.0 Å². The Bertz CT molecular complexity index is 812. The van der Waals surface area contributed by atoms with Gasteiger partial charge in [-0.1, -0.05) is 32.4 Å². The highest BCUT2D eigenvalue weighted by Gasteiger charge is 2.48. The van der Waals surface area contributed by atoms with Crippen LogP contribution in [0.5, 0.6) is 0 Å². The second kappa shape index (κ2) is 10.9. The minimum atomic E-state index is -5.25. The number of nitrogens with zero attached hydrogens (tertiary/aromatic N) is 2. The van der Waals surface area contributed by atoms with Crippen LogP contribution in [0, 0.1) is 0 Å². The van der Waals surface area contributed by atoms with Gasteiger partial charge in [-0.15, -0.1) is 0 Å². The van der Waals surface area contributed by atoms with Gasteiger partial charge in [0, 0.05) is 6.54 Å². The van der Waals surface area contributed by atoms with Crippen LogP contribution in [0.15, 0.2) is 24.3 Å². The molecule has 1 aliphatic rings. The van der Waals surface area contributed by atoms with Gasteiger partial charge in [0.25, 0.3) is 5.91 Å². The number of carbonyl (C=O) groups is 3. The fourth-order valence-electron chi connectivity index (χ4n) is 3.76. The number of alkyl halides is 3. The quantitative estimate of drug-likeness (QED) is 0.585. The first-order valence-electron chi connectivity index (χ1n) is 10.8. The number of likely N-dealkylation sites (tertiary alicyclic amines) is 1. The Balaban J connectivity index is 2.31. The fourth-order valence-corrected chi connectivity index (χ4v) is 3.76. The van der Waals surface area contributed by atoms with E-state index in [1.807, 2.05) is 13.8 Å². The lowest BCUT2D eigenvalue weighted by Crippen LogP contribution is -2.55. The maximum absolute atomic E-state index is 13.3. The van der Waals surface area contributed by atoms with Crippen molar-refractivity contribution >= 4 is 23.4 Å². The maximum Gasteiger partial charge on any atom is 0.472 e. The molecular weight excluding hydrogens is 425 g/mol. The molecule has 0 unspecified atom stereocenters. The molecule has 0 aliphatic carbocycles. The van der Waals surface area contributed by atoms with Crippen LogP contribution in [0.25, 0.3) is 0 Å². The van der Waals surface area contributed by atoms with Crippen LogP contribution < -0.4 is 16.4 Å². The highest BCUT2D eigenvalue weighted by atomic mass is 19.4. The summed E-state index contributed by atoms with van der Waals surface area (Å²) < 4.78 is 40.0. The van der Waals surface area contributed by atoms with Crippen molar-refractivity contribution in [3.05, 3.63) is 29.8 Å². The average molecular weight is 457 g/mol. The number of hydrogen-bond acceptors (Lipinski definition) is 5. The third-order valence-electron chi connectivity index (χ3n) is 5.59. The number of nitrogens with two attached hydrogens (primary N) is 2. The van der Waals surface area contributed by atoms with Gasteiger partial charge in [-0.05, 0) is 55.8 Å². The van der Waals surface area contributed by atoms with Gasteiger partial charge in [0.05, 0.1) is 11.7 Å². The Kier molecular flexibility index (Phi) is 8.80. The van der Waals surface area contributed by atoms with E-state index in [0.717, 1.165) is 5.56 Å². The number of hydrogen-bond donors (Lipinski definition) is 2. The van der Waals surface area contributed by atoms with Crippen molar-refractivity contribution in [2.24, 2.45) is 11.5 Å². The molecule has 0 bridgehead atoms. The van der Waals surface area contributed by atoms with Crippen molar-refractivity contribution < 1.29 is 27.6 Å². The summed E-state index contributed by atoms with van der Waals surface area (Å²) in [6.07, 6.45) is -3.00. The van der Waals surface area contributed by atoms with Gasteiger partial charge in [0.1, 0.15) is 6.04 Å². The van der Waals surface area contributed by atoms with Crippen molar-refractivity contribution in [2.45, 2.75) is 70.1 Å². The van der Waals surface area contributed by atoms with Gasteiger partial charge in [-0.3, -0.25) is 14.4 Å². The first-order chi connectivity index (χ1) is 15.0. The topological polar surface area (TPSA) is 110 Å². The third kappa shape index (κ3) is 6.07. The number of unbranched alkanes of at least 4 members (excludes halogenated alkanes) is 1. The normalized spacial score (nSPS) is 17.5. The molecule has 1 aromatic rings. The molecule has 0 aromatic heterocycles. The van der Waals surface area contributed by atoms with Crippen molar-refractivity contribution in [1.29, 1.82) is 0 Å². The predicted molar refractivity (Wildman–Crippen MR) is 115 cm³/mol. The summed E-state index contributed by atoms with van der Waals surface area (Å²) in [7, 11) is 0. The van der Waals surface area contributed by atoms with Gasteiger partial charge in [-0.2, -0.15) is 13.2 Å². The zero-order chi connectivity index (χ0) is 24.1. The SMILES string of the molecule is CC(C)c1ccc(N(C(=O)[C@@H]2CCCN2C(=O)[C@@H](N)CCCCN)C(=O)C(F)(F)F)cc1. The van der Waals surface area contributed by atoms with E-state index >= 15 is 0 Å². The van der Waals surface area contributed by atoms with E-state index in [4.69, 9.17) is 11.5 Å². The lowest BCUT2D eigenvalue weighted by Gasteiger charge is -2.31. The van der Waals surface area contributed by atoms with Crippen LogP contribution in [-0.2, 0) is 14.4 Å². The van der Waals surface area contributed by atoms with Crippen LogP contribution in [0.4, 0.5) is 18.9 Å². The molecule has 10 heteroatoms. The lowest BCUT2D eigenvalue weighted by molar-refractivity contribution is -0.171. The Hall–Kier alpha value is -2.46. The first kappa shape index (κ1) is 25.8. The number of imide groups is 1. The summed E-state index contributed by atoms with van der Waals surface area (Å²) in [4.78, 5) is 39.5. The molecule has 0 spiro atoms. The van der Waals surface area contributed by atoms with Gasteiger partial charge >= 0.3 is 12.1 Å². The van der Waals surface area contributed by atoms with Gasteiger partial charge < -0.3 is 16.4 Å². The number of halogens is 3. The van der Waals surface area contributed by atoms with Crippen LogP contribution >= 0.6 is 0 Å². The summed E-state index contributed by atoms with van der Waals surface area (Å²) in [6, 6.07) is 3.72. The van der Waals surface area contributed by atoms with Crippen molar-refractivity contribution in [3.63, 3.8) is 0 Å². The number of carbonyl (C=O) groups excluding carboxylic acids is 3. The van der Waals surface area contributed by atoms with Crippen molar-refractivity contribution in [3.8, 4) is 0 Å². The fraction of sp³-hybridized carbons (Fsp3) is 0.591. The first-order valence-corrected chi connectivity index (χ1v) is 10.8. The number of benzene rings is 1. The van der Waals surface area contributed by atoms with Gasteiger partial charge in [-0.25, -0.2) is 4.90 Å². The lowest BCUT2D eigenvalue weighted by atomic mass is 10.0. The predicted octanol–water partition coefficient (Wildman–Crippen LogP) is 2.68. The molecule has 7 nitrogen and oxygen atoms in total. The molecule has 3 amide bonds. The van der Waals surface area contributed by atoms with Crippen LogP contribution in [0.2, 0.25) is 0 Å². The molecule has 4 N–H and O–H groups in total. The molecule has 32 heavy (non-hydrogen) atoms. The van der Waals surface area contributed by atoms with E-state index in [9.17, 15) is 27.6 Å². The van der Waals surface area contributed by atoms with Crippen molar-refractivity contribution in [1.82, 2.24) is 4.90 Å². The molecule has 0 radical (unpaired) electrons. The second-order valence-electron chi connectivity index (χ2n) is 8.30. The monoisotopic (exact) mass is 456 g/mol. The molecule has 2 rings (SSSR count). The van der Waals surface area contributed by atoms with Gasteiger partial charge in [0.15, 0.2) is 0 Å². The summed E-state index contributed by atoms with van der Waals surface area (Å²) in [5.74, 6) is -3.75. The highest BCUT2D eigenvalue weighted by Crippen LogP contribution is 2.29. The van der Waals surface area contributed by atoms with Crippen LogP contribution in [-0.4, -0.2) is 54.0 Å². The Morgan fingerprint density at radius 1 is 1.16 bits per heavy atom. The molecule has 1 saturated heterocycles. The molecule has 0 saturated carbocycles. The molecular formula is C22H31F3N4O3. The van der Waals surface area contributed by atoms with Crippen molar-refractivity contribution in [2.75, 3.05) is 18.0 Å². The summed E-state index contributed by atoms with van der Waals surface area (Å²) in [6.45, 7) is 4.48. The van der Waals surface area contributed by atoms with Crippen LogP contribution in [0.3, 0.4) is 0 Å². The second-order valence-corrected chi connectivity index (χ2v) is 8.30. The highest BCUT2D eigenvalue weighted by molar-refractivity contribution is 6.18. The largest absolute Gasteiger partial charge is 0.472 e. The van der Waals surface area contributed by atoms with Gasteiger partial charge in [0.2, 0.25) is 5.91 Å². The van der Waals surface area contributed by atoms with E-state index in [0.29, 0.717) is 32.2 Å². The number of anilines is 1. The zero-order valence-electron chi connectivity index (χ0n) is 18.4. The maximum atomic E-state index is 13.3.